The Morgan fingerprint density at radius 3 is 2.46 bits per heavy atom. The van der Waals surface area contributed by atoms with Crippen LogP contribution in [0.25, 0.3) is 0 Å². The normalized spacial score (nSPS) is 19.5. The lowest BCUT2D eigenvalue weighted by Crippen LogP contribution is -2.46. The van der Waals surface area contributed by atoms with Gasteiger partial charge in [-0.1, -0.05) is 0 Å². The minimum Gasteiger partial charge on any atom is -0.493 e. The number of hydrogen-bond acceptors (Lipinski definition) is 4. The highest BCUT2D eigenvalue weighted by Crippen LogP contribution is 2.31. The first-order valence-corrected chi connectivity index (χ1v) is 8.41. The third-order valence-electron chi connectivity index (χ3n) is 4.79. The molecule has 0 aromatic heterocycles. The van der Waals surface area contributed by atoms with E-state index < -0.39 is 11.4 Å². The van der Waals surface area contributed by atoms with Crippen LogP contribution in [-0.4, -0.2) is 43.3 Å². The van der Waals surface area contributed by atoms with Gasteiger partial charge < -0.3 is 19.9 Å². The number of benzene rings is 1. The van der Waals surface area contributed by atoms with Gasteiger partial charge in [0.05, 0.1) is 12.0 Å². The highest BCUT2D eigenvalue weighted by molar-refractivity contribution is 5.94. The van der Waals surface area contributed by atoms with Gasteiger partial charge in [0.1, 0.15) is 5.75 Å². The van der Waals surface area contributed by atoms with Gasteiger partial charge in [0.25, 0.3) is 5.91 Å². The van der Waals surface area contributed by atoms with E-state index in [1.807, 2.05) is 0 Å². The summed E-state index contributed by atoms with van der Waals surface area (Å²) >= 11 is 0. The van der Waals surface area contributed by atoms with Gasteiger partial charge in [0.15, 0.2) is 0 Å². The first kappa shape index (κ1) is 16.8. The molecule has 24 heavy (non-hydrogen) atoms. The third-order valence-corrected chi connectivity index (χ3v) is 4.79. The number of carbonyl (C=O) groups is 2. The largest absolute Gasteiger partial charge is 0.493 e. The van der Waals surface area contributed by atoms with Crippen LogP contribution >= 0.6 is 0 Å². The molecule has 1 amide bonds. The summed E-state index contributed by atoms with van der Waals surface area (Å²) in [7, 11) is 0. The van der Waals surface area contributed by atoms with Crippen LogP contribution in [0.15, 0.2) is 24.3 Å². The van der Waals surface area contributed by atoms with Crippen molar-refractivity contribution in [1.29, 1.82) is 0 Å². The second-order valence-corrected chi connectivity index (χ2v) is 6.66. The van der Waals surface area contributed by atoms with E-state index in [1.54, 1.807) is 24.3 Å². The van der Waals surface area contributed by atoms with E-state index in [1.165, 1.54) is 12.8 Å². The molecule has 0 atom stereocenters. The zero-order valence-electron chi connectivity index (χ0n) is 13.6. The van der Waals surface area contributed by atoms with Crippen molar-refractivity contribution in [2.75, 3.05) is 26.4 Å². The second-order valence-electron chi connectivity index (χ2n) is 6.66. The molecule has 0 spiro atoms. The van der Waals surface area contributed by atoms with Gasteiger partial charge in [-0.05, 0) is 55.9 Å². The molecule has 0 radical (unpaired) electrons. The maximum atomic E-state index is 12.3. The van der Waals surface area contributed by atoms with Crippen LogP contribution < -0.4 is 10.1 Å². The van der Waals surface area contributed by atoms with Gasteiger partial charge in [0.2, 0.25) is 0 Å². The number of carboxylic acid groups (broad SMARTS) is 1. The number of amides is 1. The van der Waals surface area contributed by atoms with E-state index in [0.29, 0.717) is 37.5 Å². The zero-order chi connectivity index (χ0) is 17.0. The Balaban J connectivity index is 1.54. The molecule has 6 nitrogen and oxygen atoms in total. The average Bonchev–Trinajstić information content (AvgIpc) is 3.43. The maximum absolute atomic E-state index is 12.3. The van der Waals surface area contributed by atoms with Crippen molar-refractivity contribution < 1.29 is 24.2 Å². The minimum absolute atomic E-state index is 0.116. The van der Waals surface area contributed by atoms with Crippen LogP contribution in [-0.2, 0) is 9.53 Å². The number of carbonyl (C=O) groups excluding carboxylic acids is 1. The van der Waals surface area contributed by atoms with Crippen LogP contribution in [0.5, 0.6) is 5.75 Å². The molecule has 1 saturated carbocycles. The Morgan fingerprint density at radius 2 is 1.88 bits per heavy atom. The van der Waals surface area contributed by atoms with Crippen molar-refractivity contribution in [3.63, 3.8) is 0 Å². The smallest absolute Gasteiger partial charge is 0.311 e. The number of rotatable bonds is 7. The lowest BCUT2D eigenvalue weighted by molar-refractivity contribution is -0.154. The van der Waals surface area contributed by atoms with E-state index in [2.05, 4.69) is 5.32 Å². The number of carboxylic acids is 1. The molecule has 0 unspecified atom stereocenters. The summed E-state index contributed by atoms with van der Waals surface area (Å²) in [6.45, 7) is 1.67. The first-order valence-electron chi connectivity index (χ1n) is 8.41. The highest BCUT2D eigenvalue weighted by Gasteiger charge is 2.40. The third kappa shape index (κ3) is 4.06. The fourth-order valence-electron chi connectivity index (χ4n) is 2.78. The molecule has 1 aliphatic carbocycles. The Labute approximate surface area is 141 Å². The monoisotopic (exact) mass is 333 g/mol. The lowest BCUT2D eigenvalue weighted by atomic mass is 9.80. The van der Waals surface area contributed by atoms with Crippen LogP contribution in [0.1, 0.15) is 36.0 Å². The van der Waals surface area contributed by atoms with Crippen LogP contribution in [0.2, 0.25) is 0 Å². The van der Waals surface area contributed by atoms with Crippen LogP contribution in [0.4, 0.5) is 0 Å². The van der Waals surface area contributed by atoms with Crippen molar-refractivity contribution in [2.45, 2.75) is 25.7 Å². The van der Waals surface area contributed by atoms with Gasteiger partial charge in [-0.2, -0.15) is 0 Å². The molecule has 3 rings (SSSR count). The molecule has 1 heterocycles. The molecule has 1 aromatic rings. The summed E-state index contributed by atoms with van der Waals surface area (Å²) in [5, 5.41) is 12.2. The molecule has 1 saturated heterocycles. The topological polar surface area (TPSA) is 84.9 Å². The predicted molar refractivity (Wildman–Crippen MR) is 87.1 cm³/mol. The van der Waals surface area contributed by atoms with Crippen molar-refractivity contribution in [3.05, 3.63) is 29.8 Å². The van der Waals surface area contributed by atoms with Crippen molar-refractivity contribution in [2.24, 2.45) is 11.3 Å². The predicted octanol–water partition coefficient (Wildman–Crippen LogP) is 2.09. The summed E-state index contributed by atoms with van der Waals surface area (Å²) in [5.41, 5.74) is -0.428. The van der Waals surface area contributed by atoms with E-state index >= 15 is 0 Å². The summed E-state index contributed by atoms with van der Waals surface area (Å²) in [6.07, 6.45) is 3.29. The fraction of sp³-hybridized carbons (Fsp3) is 0.556. The molecular weight excluding hydrogens is 310 g/mol. The zero-order valence-corrected chi connectivity index (χ0v) is 13.6. The van der Waals surface area contributed by atoms with Crippen molar-refractivity contribution in [3.8, 4) is 5.75 Å². The summed E-state index contributed by atoms with van der Waals surface area (Å²) in [5.74, 6) is 0.287. The summed E-state index contributed by atoms with van der Waals surface area (Å²) in [4.78, 5) is 23.8. The van der Waals surface area contributed by atoms with E-state index in [-0.39, 0.29) is 12.5 Å². The SMILES string of the molecule is O=C(NCC1(C(=O)O)CCOCC1)c1ccc(OCC2CC2)cc1. The van der Waals surface area contributed by atoms with Crippen molar-refractivity contribution >= 4 is 11.9 Å². The Kier molecular flexibility index (Phi) is 5.04. The molecule has 1 aromatic carbocycles. The van der Waals surface area contributed by atoms with Crippen molar-refractivity contribution in [1.82, 2.24) is 5.32 Å². The van der Waals surface area contributed by atoms with Crippen LogP contribution in [0.3, 0.4) is 0 Å². The molecule has 130 valence electrons. The molecule has 1 aliphatic heterocycles. The van der Waals surface area contributed by atoms with E-state index in [0.717, 1.165) is 12.4 Å². The second kappa shape index (κ2) is 7.21. The fourth-order valence-corrected chi connectivity index (χ4v) is 2.78. The lowest BCUT2D eigenvalue weighted by Gasteiger charge is -2.33. The van der Waals surface area contributed by atoms with Crippen LogP contribution in [0, 0.1) is 11.3 Å². The molecule has 2 fully saturated rings. The minimum atomic E-state index is -0.929. The highest BCUT2D eigenvalue weighted by atomic mass is 16.5. The molecule has 2 aliphatic rings. The number of nitrogens with one attached hydrogen (secondary N) is 1. The molecule has 2 N–H and O–H groups in total. The van der Waals surface area contributed by atoms with Gasteiger partial charge in [-0.25, -0.2) is 0 Å². The number of ether oxygens (including phenoxy) is 2. The van der Waals surface area contributed by atoms with E-state index in [4.69, 9.17) is 9.47 Å². The Hall–Kier alpha value is -2.08. The Morgan fingerprint density at radius 1 is 1.21 bits per heavy atom. The standard InChI is InChI=1S/C18H23NO5/c20-16(19-12-18(17(21)22)7-9-23-10-8-18)14-3-5-15(6-4-14)24-11-13-1-2-13/h3-6,13H,1-2,7-12H2,(H,19,20)(H,21,22). The molecular formula is C18H23NO5. The quantitative estimate of drug-likeness (QED) is 0.798. The number of hydrogen-bond donors (Lipinski definition) is 2. The van der Waals surface area contributed by atoms with E-state index in [9.17, 15) is 14.7 Å². The maximum Gasteiger partial charge on any atom is 0.311 e. The summed E-state index contributed by atoms with van der Waals surface area (Å²) < 4.78 is 10.9. The van der Waals surface area contributed by atoms with Gasteiger partial charge in [0, 0.05) is 25.3 Å². The first-order chi connectivity index (χ1) is 11.6. The molecule has 0 bridgehead atoms. The van der Waals surface area contributed by atoms with Gasteiger partial charge >= 0.3 is 5.97 Å². The summed E-state index contributed by atoms with van der Waals surface area (Å²) in [6, 6.07) is 6.96. The number of aliphatic carboxylic acids is 1. The average molecular weight is 333 g/mol. The van der Waals surface area contributed by atoms with Gasteiger partial charge in [-0.3, -0.25) is 9.59 Å². The Bertz CT molecular complexity index is 588. The van der Waals surface area contributed by atoms with Gasteiger partial charge in [-0.15, -0.1) is 0 Å². The molecule has 6 heteroatoms.